The van der Waals surface area contributed by atoms with E-state index in [-0.39, 0.29) is 6.61 Å². The lowest BCUT2D eigenvalue weighted by Gasteiger charge is -2.12. The number of hydrogen-bond donors (Lipinski definition) is 1. The van der Waals surface area contributed by atoms with Gasteiger partial charge < -0.3 is 14.8 Å². The zero-order valence-corrected chi connectivity index (χ0v) is 10.6. The molecular weight excluding hydrogens is 228 g/mol. The Morgan fingerprint density at radius 2 is 2.17 bits per heavy atom. The Hall–Kier alpha value is -1.73. The highest BCUT2D eigenvalue weighted by Gasteiger charge is 2.20. The second-order valence-electron chi connectivity index (χ2n) is 4.32. The van der Waals surface area contributed by atoms with Crippen LogP contribution in [0.4, 0.5) is 0 Å². The molecule has 4 heteroatoms. The highest BCUT2D eigenvalue weighted by molar-refractivity contribution is 5.43. The van der Waals surface area contributed by atoms with Gasteiger partial charge in [-0.15, -0.1) is 0 Å². The Balaban J connectivity index is 2.03. The third kappa shape index (κ3) is 3.64. The van der Waals surface area contributed by atoms with Crippen LogP contribution in [-0.2, 0) is 6.54 Å². The predicted octanol–water partition coefficient (Wildman–Crippen LogP) is 2.24. The van der Waals surface area contributed by atoms with Crippen LogP contribution >= 0.6 is 0 Å². The summed E-state index contributed by atoms with van der Waals surface area (Å²) in [5.74, 6) is 1.34. The first kappa shape index (κ1) is 12.7. The van der Waals surface area contributed by atoms with Crippen molar-refractivity contribution in [2.24, 2.45) is 0 Å². The summed E-state index contributed by atoms with van der Waals surface area (Å²) >= 11 is 0. The van der Waals surface area contributed by atoms with Crippen LogP contribution in [0.2, 0.25) is 0 Å². The monoisotopic (exact) mass is 246 g/mol. The maximum absolute atomic E-state index is 8.53. The van der Waals surface area contributed by atoms with Crippen molar-refractivity contribution in [2.75, 3.05) is 13.2 Å². The van der Waals surface area contributed by atoms with Crippen molar-refractivity contribution >= 4 is 0 Å². The number of rotatable bonds is 7. The maximum atomic E-state index is 8.53. The van der Waals surface area contributed by atoms with Crippen molar-refractivity contribution in [1.29, 1.82) is 5.26 Å². The van der Waals surface area contributed by atoms with Gasteiger partial charge in [-0.3, -0.25) is 0 Å². The third-order valence-electron chi connectivity index (χ3n) is 2.77. The average molecular weight is 246 g/mol. The van der Waals surface area contributed by atoms with Crippen molar-refractivity contribution < 1.29 is 9.47 Å². The molecule has 0 saturated heterocycles. The van der Waals surface area contributed by atoms with Crippen LogP contribution in [0.3, 0.4) is 0 Å². The van der Waals surface area contributed by atoms with Crippen LogP contribution in [0.15, 0.2) is 18.2 Å². The minimum absolute atomic E-state index is 0.0414. The first-order chi connectivity index (χ1) is 8.83. The Labute approximate surface area is 108 Å². The zero-order chi connectivity index (χ0) is 12.8. The van der Waals surface area contributed by atoms with Crippen LogP contribution in [0.5, 0.6) is 11.5 Å². The minimum atomic E-state index is 0.0414. The maximum Gasteiger partial charge on any atom is 0.174 e. The highest BCUT2D eigenvalue weighted by Crippen LogP contribution is 2.29. The van der Waals surface area contributed by atoms with Crippen LogP contribution < -0.4 is 14.8 Å². The van der Waals surface area contributed by atoms with Crippen LogP contribution in [-0.4, -0.2) is 19.3 Å². The summed E-state index contributed by atoms with van der Waals surface area (Å²) in [6.07, 6.45) is 2.56. The molecule has 1 aromatic rings. The van der Waals surface area contributed by atoms with E-state index in [4.69, 9.17) is 14.7 Å². The summed E-state index contributed by atoms with van der Waals surface area (Å²) in [4.78, 5) is 0. The van der Waals surface area contributed by atoms with Gasteiger partial charge in [-0.1, -0.05) is 6.07 Å². The van der Waals surface area contributed by atoms with Crippen molar-refractivity contribution in [1.82, 2.24) is 5.32 Å². The van der Waals surface area contributed by atoms with E-state index in [0.717, 1.165) is 6.54 Å². The molecule has 0 radical (unpaired) electrons. The molecule has 1 N–H and O–H groups in total. The van der Waals surface area contributed by atoms with E-state index in [1.165, 1.54) is 18.4 Å². The Bertz CT molecular complexity index is 436. The standard InChI is InChI=1S/C14H18N2O2/c1-2-17-14-9-11(10-16-12-4-5-12)3-6-13(14)18-8-7-15/h3,6,9,12,16H,2,4-5,8,10H2,1H3. The normalized spacial score (nSPS) is 14.0. The molecule has 1 aliphatic rings. The van der Waals surface area contributed by atoms with Crippen molar-refractivity contribution in [2.45, 2.75) is 32.4 Å². The highest BCUT2D eigenvalue weighted by atomic mass is 16.5. The number of benzene rings is 1. The largest absolute Gasteiger partial charge is 0.490 e. The van der Waals surface area contributed by atoms with Gasteiger partial charge in [0.15, 0.2) is 18.1 Å². The number of hydrogen-bond acceptors (Lipinski definition) is 4. The molecule has 0 aromatic heterocycles. The molecular formula is C14H18N2O2. The quantitative estimate of drug-likeness (QED) is 0.801. The van der Waals surface area contributed by atoms with Crippen molar-refractivity contribution in [3.8, 4) is 17.6 Å². The molecule has 0 amide bonds. The molecule has 1 saturated carbocycles. The predicted molar refractivity (Wildman–Crippen MR) is 68.6 cm³/mol. The van der Waals surface area contributed by atoms with Crippen LogP contribution in [0.1, 0.15) is 25.3 Å². The fraction of sp³-hybridized carbons (Fsp3) is 0.500. The van der Waals surface area contributed by atoms with E-state index in [2.05, 4.69) is 5.32 Å². The van der Waals surface area contributed by atoms with E-state index in [1.807, 2.05) is 31.2 Å². The summed E-state index contributed by atoms with van der Waals surface area (Å²) in [5, 5.41) is 12.0. The summed E-state index contributed by atoms with van der Waals surface area (Å²) in [6.45, 7) is 3.41. The minimum Gasteiger partial charge on any atom is -0.490 e. The number of nitrogens with zero attached hydrogens (tertiary/aromatic N) is 1. The summed E-state index contributed by atoms with van der Waals surface area (Å²) in [6, 6.07) is 8.50. The molecule has 18 heavy (non-hydrogen) atoms. The SMILES string of the molecule is CCOc1cc(CNC2CC2)ccc1OCC#N. The number of nitriles is 1. The van der Waals surface area contributed by atoms with Gasteiger partial charge in [0.05, 0.1) is 6.61 Å². The molecule has 96 valence electrons. The number of nitrogens with one attached hydrogen (secondary N) is 1. The van der Waals surface area contributed by atoms with E-state index in [9.17, 15) is 0 Å². The molecule has 0 bridgehead atoms. The zero-order valence-electron chi connectivity index (χ0n) is 10.6. The fourth-order valence-corrected chi connectivity index (χ4v) is 1.71. The first-order valence-corrected chi connectivity index (χ1v) is 6.32. The molecule has 0 aliphatic heterocycles. The van der Waals surface area contributed by atoms with Gasteiger partial charge in [0.2, 0.25) is 0 Å². The second kappa shape index (κ2) is 6.27. The van der Waals surface area contributed by atoms with E-state index in [1.54, 1.807) is 0 Å². The molecule has 0 atom stereocenters. The van der Waals surface area contributed by atoms with Gasteiger partial charge in [-0.2, -0.15) is 5.26 Å². The van der Waals surface area contributed by atoms with Gasteiger partial charge in [-0.05, 0) is 37.5 Å². The average Bonchev–Trinajstić information content (AvgIpc) is 3.20. The molecule has 1 fully saturated rings. The molecule has 2 rings (SSSR count). The van der Waals surface area contributed by atoms with Gasteiger partial charge in [0.1, 0.15) is 6.07 Å². The number of ether oxygens (including phenoxy) is 2. The van der Waals surface area contributed by atoms with Gasteiger partial charge in [0.25, 0.3) is 0 Å². The van der Waals surface area contributed by atoms with Gasteiger partial charge in [0, 0.05) is 12.6 Å². The summed E-state index contributed by atoms with van der Waals surface area (Å²) < 4.78 is 10.9. The van der Waals surface area contributed by atoms with E-state index >= 15 is 0 Å². The third-order valence-corrected chi connectivity index (χ3v) is 2.77. The van der Waals surface area contributed by atoms with Gasteiger partial charge in [-0.25, -0.2) is 0 Å². The summed E-state index contributed by atoms with van der Waals surface area (Å²) in [5.41, 5.74) is 1.18. The molecule has 1 aliphatic carbocycles. The first-order valence-electron chi connectivity index (χ1n) is 6.32. The lowest BCUT2D eigenvalue weighted by atomic mass is 10.2. The van der Waals surface area contributed by atoms with Crippen molar-refractivity contribution in [3.05, 3.63) is 23.8 Å². The lowest BCUT2D eigenvalue weighted by molar-refractivity contribution is 0.298. The molecule has 4 nitrogen and oxygen atoms in total. The van der Waals surface area contributed by atoms with E-state index < -0.39 is 0 Å². The second-order valence-corrected chi connectivity index (χ2v) is 4.32. The van der Waals surface area contributed by atoms with Crippen molar-refractivity contribution in [3.63, 3.8) is 0 Å². The Morgan fingerprint density at radius 3 is 2.83 bits per heavy atom. The lowest BCUT2D eigenvalue weighted by Crippen LogP contribution is -2.15. The molecule has 0 unspecified atom stereocenters. The molecule has 1 aromatic carbocycles. The van der Waals surface area contributed by atoms with Crippen LogP contribution in [0, 0.1) is 11.3 Å². The fourth-order valence-electron chi connectivity index (χ4n) is 1.71. The van der Waals surface area contributed by atoms with E-state index in [0.29, 0.717) is 24.1 Å². The smallest absolute Gasteiger partial charge is 0.174 e. The van der Waals surface area contributed by atoms with Gasteiger partial charge >= 0.3 is 0 Å². The molecule has 0 heterocycles. The Morgan fingerprint density at radius 1 is 1.33 bits per heavy atom. The molecule has 0 spiro atoms. The Kier molecular flexibility index (Phi) is 4.43. The van der Waals surface area contributed by atoms with Crippen LogP contribution in [0.25, 0.3) is 0 Å². The topological polar surface area (TPSA) is 54.3 Å². The summed E-state index contributed by atoms with van der Waals surface area (Å²) in [7, 11) is 0.